The van der Waals surface area contributed by atoms with Crippen LogP contribution in [0.15, 0.2) is 4.99 Å². The van der Waals surface area contributed by atoms with Gasteiger partial charge < -0.3 is 26.3 Å². The van der Waals surface area contributed by atoms with Crippen molar-refractivity contribution in [2.75, 3.05) is 6.54 Å². The van der Waals surface area contributed by atoms with Crippen LogP contribution in [-0.4, -0.2) is 48.5 Å². The number of nitrogens with two attached hydrogens (primary N) is 2. The van der Waals surface area contributed by atoms with Gasteiger partial charge in [-0.1, -0.05) is 110 Å². The molecule has 1 aliphatic rings. The van der Waals surface area contributed by atoms with Gasteiger partial charge in [0.25, 0.3) is 0 Å². The molecule has 0 amide bonds. The molecule has 6 heteroatoms. The minimum absolute atomic E-state index is 0.00593. The van der Waals surface area contributed by atoms with E-state index in [4.69, 9.17) is 25.9 Å². The quantitative estimate of drug-likeness (QED) is 0.0914. The number of hydrogen-bond donors (Lipinski definition) is 3. The van der Waals surface area contributed by atoms with Crippen molar-refractivity contribution in [3.8, 4) is 0 Å². The van der Waals surface area contributed by atoms with Gasteiger partial charge in [-0.3, -0.25) is 4.99 Å². The summed E-state index contributed by atoms with van der Waals surface area (Å²) in [5.74, 6) is -0.345. The molecule has 5 N–H and O–H groups in total. The maximum Gasteiger partial charge on any atom is 0.243 e. The second kappa shape index (κ2) is 20.2. The van der Waals surface area contributed by atoms with Gasteiger partial charge in [0, 0.05) is 6.04 Å². The van der Waals surface area contributed by atoms with Gasteiger partial charge in [-0.2, -0.15) is 0 Å². The van der Waals surface area contributed by atoms with Gasteiger partial charge in [-0.25, -0.2) is 0 Å². The molecule has 1 aliphatic heterocycles. The molecule has 6 nitrogen and oxygen atoms in total. The zero-order valence-electron chi connectivity index (χ0n) is 25.5. The normalized spacial score (nSPS) is 17.9. The molecule has 3 unspecified atom stereocenters. The van der Waals surface area contributed by atoms with Crippen molar-refractivity contribution < 1.29 is 9.47 Å². The number of amidine groups is 1. The first kappa shape index (κ1) is 34.3. The van der Waals surface area contributed by atoms with E-state index in [0.29, 0.717) is 12.4 Å². The van der Waals surface area contributed by atoms with Gasteiger partial charge in [-0.15, -0.1) is 0 Å². The Morgan fingerprint density at radius 2 is 1.14 bits per heavy atom. The topological polar surface area (TPSA) is 94.9 Å². The minimum atomic E-state index is -1.05. The van der Waals surface area contributed by atoms with Crippen molar-refractivity contribution in [3.05, 3.63) is 0 Å². The van der Waals surface area contributed by atoms with Gasteiger partial charge in [-0.05, 0) is 41.0 Å². The Morgan fingerprint density at radius 1 is 0.730 bits per heavy atom. The summed E-state index contributed by atoms with van der Waals surface area (Å²) in [5, 5.41) is 3.47. The van der Waals surface area contributed by atoms with Gasteiger partial charge >= 0.3 is 0 Å². The summed E-state index contributed by atoms with van der Waals surface area (Å²) >= 11 is 0. The van der Waals surface area contributed by atoms with Crippen LogP contribution in [0.3, 0.4) is 0 Å². The lowest BCUT2D eigenvalue weighted by Crippen LogP contribution is -2.64. The first-order valence-electron chi connectivity index (χ1n) is 15.9. The molecule has 220 valence electrons. The fourth-order valence-corrected chi connectivity index (χ4v) is 5.26. The fraction of sp³-hybridized carbons (Fsp3) is 0.968. The van der Waals surface area contributed by atoms with Gasteiger partial charge in [0.1, 0.15) is 0 Å². The summed E-state index contributed by atoms with van der Waals surface area (Å²) in [6, 6.07) is -0.209. The number of aliphatic imine (C=N–C) groups is 1. The number of ether oxygens (including phenoxy) is 2. The molecule has 0 saturated heterocycles. The predicted molar refractivity (Wildman–Crippen MR) is 160 cm³/mol. The number of nitrogens with one attached hydrogen (secondary N) is 1. The van der Waals surface area contributed by atoms with E-state index in [0.717, 1.165) is 12.8 Å². The molecule has 0 saturated carbocycles. The summed E-state index contributed by atoms with van der Waals surface area (Å²) in [6.45, 7) is 13.0. The summed E-state index contributed by atoms with van der Waals surface area (Å²) in [4.78, 5) is 4.76. The first-order chi connectivity index (χ1) is 17.7. The number of nitrogens with zero attached hydrogens (tertiary/aromatic N) is 1. The van der Waals surface area contributed by atoms with Crippen LogP contribution < -0.4 is 16.8 Å². The van der Waals surface area contributed by atoms with Crippen LogP contribution in [0.5, 0.6) is 0 Å². The lowest BCUT2D eigenvalue weighted by atomic mass is 9.97. The molecule has 0 aromatic rings. The van der Waals surface area contributed by atoms with Crippen molar-refractivity contribution in [1.82, 2.24) is 5.32 Å². The van der Waals surface area contributed by atoms with Crippen LogP contribution in [0.25, 0.3) is 0 Å². The van der Waals surface area contributed by atoms with Gasteiger partial charge in [0.05, 0.1) is 30.8 Å². The highest BCUT2D eigenvalue weighted by atomic mass is 16.7. The molecular weight excluding hydrogens is 460 g/mol. The minimum Gasteiger partial charge on any atom is -0.363 e. The summed E-state index contributed by atoms with van der Waals surface area (Å²) in [7, 11) is 0. The maximum absolute atomic E-state index is 6.81. The lowest BCUT2D eigenvalue weighted by molar-refractivity contribution is -0.237. The Balaban J connectivity index is 2.30. The highest BCUT2D eigenvalue weighted by Gasteiger charge is 2.48. The second-order valence-electron chi connectivity index (χ2n) is 12.0. The average Bonchev–Trinajstić information content (AvgIpc) is 3.34. The largest absolute Gasteiger partial charge is 0.363 e. The molecule has 1 rings (SSSR count). The Kier molecular flexibility index (Phi) is 18.8. The van der Waals surface area contributed by atoms with Crippen LogP contribution in [0.2, 0.25) is 0 Å². The monoisotopic (exact) mass is 525 g/mol. The van der Waals surface area contributed by atoms with Gasteiger partial charge in [0.15, 0.2) is 5.84 Å². The summed E-state index contributed by atoms with van der Waals surface area (Å²) in [6.07, 6.45) is 22.6. The molecule has 0 spiro atoms. The predicted octanol–water partition coefficient (Wildman–Crippen LogP) is 7.23. The summed E-state index contributed by atoms with van der Waals surface area (Å²) in [5.41, 5.74) is 12.9. The van der Waals surface area contributed by atoms with E-state index in [-0.39, 0.29) is 30.3 Å². The zero-order valence-corrected chi connectivity index (χ0v) is 25.5. The third-order valence-electron chi connectivity index (χ3n) is 7.41. The molecule has 1 heterocycles. The Bertz CT molecular complexity index is 570. The zero-order chi connectivity index (χ0) is 27.5. The Hall–Kier alpha value is -0.690. The third kappa shape index (κ3) is 14.3. The summed E-state index contributed by atoms with van der Waals surface area (Å²) < 4.78 is 12.8. The molecule has 0 aliphatic carbocycles. The SMILES string of the molecule is CCCCCCCCCCCCCCCCCCC(N)C(OC(C)C)(OC(C)C)C1=NCC(C(C)N)N1. The number of rotatable bonds is 24. The van der Waals surface area contributed by atoms with Crippen molar-refractivity contribution in [2.45, 2.75) is 187 Å². The molecule has 0 aromatic carbocycles. The number of hydrogen-bond acceptors (Lipinski definition) is 6. The molecule has 0 bridgehead atoms. The van der Waals surface area contributed by atoms with E-state index in [1.165, 1.54) is 96.3 Å². The first-order valence-corrected chi connectivity index (χ1v) is 15.9. The Morgan fingerprint density at radius 3 is 1.49 bits per heavy atom. The fourth-order valence-electron chi connectivity index (χ4n) is 5.26. The van der Waals surface area contributed by atoms with Crippen molar-refractivity contribution in [2.24, 2.45) is 16.5 Å². The van der Waals surface area contributed by atoms with Crippen molar-refractivity contribution in [1.29, 1.82) is 0 Å². The standard InChI is InChI=1S/C31H64N4O2/c1-7-8-9-10-11-12-13-14-15-16-17-18-19-20-21-22-23-29(33)31(36-25(2)3,37-26(4)5)30-34-24-28(35-30)27(6)32/h25-29H,7-24,32-33H2,1-6H3,(H,34,35). The molecule has 3 atom stereocenters. The smallest absolute Gasteiger partial charge is 0.243 e. The molecular formula is C31H64N4O2. The third-order valence-corrected chi connectivity index (χ3v) is 7.41. The van der Waals surface area contributed by atoms with Crippen LogP contribution in [0, 0.1) is 0 Å². The van der Waals surface area contributed by atoms with E-state index >= 15 is 0 Å². The van der Waals surface area contributed by atoms with E-state index in [2.05, 4.69) is 12.2 Å². The van der Waals surface area contributed by atoms with Crippen LogP contribution >= 0.6 is 0 Å². The maximum atomic E-state index is 6.81. The van der Waals surface area contributed by atoms with Crippen LogP contribution in [0.4, 0.5) is 0 Å². The second-order valence-corrected chi connectivity index (χ2v) is 12.0. The molecule has 37 heavy (non-hydrogen) atoms. The highest BCUT2D eigenvalue weighted by molar-refractivity contribution is 5.91. The van der Waals surface area contributed by atoms with E-state index < -0.39 is 5.79 Å². The van der Waals surface area contributed by atoms with Gasteiger partial charge in [0.2, 0.25) is 5.79 Å². The van der Waals surface area contributed by atoms with E-state index in [9.17, 15) is 0 Å². The van der Waals surface area contributed by atoms with E-state index in [1.807, 2.05) is 34.6 Å². The lowest BCUT2D eigenvalue weighted by Gasteiger charge is -2.41. The molecule has 0 radical (unpaired) electrons. The molecule has 0 fully saturated rings. The highest BCUT2D eigenvalue weighted by Crippen LogP contribution is 2.28. The molecule has 0 aromatic heterocycles. The number of unbranched alkanes of at least 4 members (excludes halogenated alkanes) is 15. The van der Waals surface area contributed by atoms with Crippen LogP contribution in [-0.2, 0) is 9.47 Å². The van der Waals surface area contributed by atoms with Crippen molar-refractivity contribution >= 4 is 5.84 Å². The average molecular weight is 525 g/mol. The van der Waals surface area contributed by atoms with E-state index in [1.54, 1.807) is 0 Å². The Labute approximate surface area is 230 Å². The van der Waals surface area contributed by atoms with Crippen molar-refractivity contribution in [3.63, 3.8) is 0 Å². The van der Waals surface area contributed by atoms with Crippen LogP contribution in [0.1, 0.15) is 151 Å².